The first-order chi connectivity index (χ1) is 7.66. The van der Waals surface area contributed by atoms with E-state index in [0.29, 0.717) is 0 Å². The molecule has 0 rings (SSSR count). The maximum atomic E-state index is 5.93. The molecule has 0 aliphatic carbocycles. The summed E-state index contributed by atoms with van der Waals surface area (Å²) in [6.07, 6.45) is 0.0848. The van der Waals surface area contributed by atoms with Gasteiger partial charge in [0.15, 0.2) is 0 Å². The quantitative estimate of drug-likeness (QED) is 0.639. The fraction of sp³-hybridized carbons (Fsp3) is 1.00. The minimum atomic E-state index is -2.70. The third-order valence-electron chi connectivity index (χ3n) is 2.01. The van der Waals surface area contributed by atoms with Gasteiger partial charge < -0.3 is 21.8 Å². The summed E-state index contributed by atoms with van der Waals surface area (Å²) in [5.74, 6) is 0. The van der Waals surface area contributed by atoms with E-state index in [1.54, 1.807) is 14.2 Å². The zero-order valence-electron chi connectivity index (χ0n) is 12.2. The number of rotatable bonds is 8. The molecule has 0 bridgehead atoms. The van der Waals surface area contributed by atoms with Gasteiger partial charge in [-0.25, -0.2) is 0 Å². The molecule has 0 spiro atoms. The standard InChI is InChI=1S/C10H26O5Si2/c1-9(2)13-16(7,11-5)15-17(8,12-6)14-10(3)4/h9-10H,1-8H3. The molecular formula is C10H26O5Si2. The summed E-state index contributed by atoms with van der Waals surface area (Å²) in [4.78, 5) is 0. The molecule has 0 radical (unpaired) electrons. The summed E-state index contributed by atoms with van der Waals surface area (Å²) in [6, 6.07) is 0. The van der Waals surface area contributed by atoms with Crippen molar-refractivity contribution in [2.24, 2.45) is 0 Å². The molecule has 0 aromatic carbocycles. The molecule has 7 heteroatoms. The van der Waals surface area contributed by atoms with E-state index in [1.165, 1.54) is 0 Å². The van der Waals surface area contributed by atoms with Crippen LogP contribution in [0.2, 0.25) is 13.1 Å². The van der Waals surface area contributed by atoms with Crippen LogP contribution < -0.4 is 0 Å². The Balaban J connectivity index is 4.70. The second-order valence-corrected chi connectivity index (χ2v) is 10.1. The van der Waals surface area contributed by atoms with Crippen molar-refractivity contribution in [2.75, 3.05) is 14.2 Å². The summed E-state index contributed by atoms with van der Waals surface area (Å²) in [5, 5.41) is 0. The molecule has 0 amide bonds. The van der Waals surface area contributed by atoms with Crippen LogP contribution >= 0.6 is 0 Å². The fourth-order valence-corrected chi connectivity index (χ4v) is 7.07. The predicted octanol–water partition coefficient (Wildman–Crippen LogP) is 2.28. The maximum Gasteiger partial charge on any atom is 0.490 e. The Hall–Kier alpha value is 0.234. The van der Waals surface area contributed by atoms with Gasteiger partial charge in [-0.2, -0.15) is 0 Å². The number of hydrogen-bond acceptors (Lipinski definition) is 5. The molecule has 2 unspecified atom stereocenters. The molecule has 17 heavy (non-hydrogen) atoms. The highest BCUT2D eigenvalue weighted by atomic mass is 28.5. The van der Waals surface area contributed by atoms with E-state index < -0.39 is 17.6 Å². The molecule has 0 aliphatic heterocycles. The predicted molar refractivity (Wildman–Crippen MR) is 70.8 cm³/mol. The van der Waals surface area contributed by atoms with Crippen LogP contribution in [-0.2, 0) is 21.8 Å². The van der Waals surface area contributed by atoms with Gasteiger partial charge in [0.2, 0.25) is 0 Å². The Labute approximate surface area is 107 Å². The normalized spacial score (nSPS) is 19.4. The van der Waals surface area contributed by atoms with Crippen LogP contribution in [0.4, 0.5) is 0 Å². The van der Waals surface area contributed by atoms with Gasteiger partial charge in [0.05, 0.1) is 0 Å². The lowest BCUT2D eigenvalue weighted by Gasteiger charge is -2.35. The molecule has 0 aliphatic rings. The lowest BCUT2D eigenvalue weighted by Crippen LogP contribution is -2.56. The van der Waals surface area contributed by atoms with Crippen LogP contribution in [-0.4, -0.2) is 44.0 Å². The summed E-state index contributed by atoms with van der Waals surface area (Å²) in [7, 11) is -2.21. The van der Waals surface area contributed by atoms with E-state index >= 15 is 0 Å². The van der Waals surface area contributed by atoms with Crippen LogP contribution in [0.1, 0.15) is 27.7 Å². The molecule has 2 atom stereocenters. The Morgan fingerprint density at radius 2 is 1.00 bits per heavy atom. The van der Waals surface area contributed by atoms with E-state index in [0.717, 1.165) is 0 Å². The van der Waals surface area contributed by atoms with Crippen molar-refractivity contribution in [1.29, 1.82) is 0 Å². The molecule has 0 saturated heterocycles. The first-order valence-electron chi connectivity index (χ1n) is 5.82. The van der Waals surface area contributed by atoms with Crippen LogP contribution in [0.3, 0.4) is 0 Å². The van der Waals surface area contributed by atoms with Crippen molar-refractivity contribution in [2.45, 2.75) is 53.0 Å². The average molecular weight is 282 g/mol. The maximum absolute atomic E-state index is 5.93. The molecular weight excluding hydrogens is 256 g/mol. The average Bonchev–Trinajstić information content (AvgIpc) is 2.15. The Morgan fingerprint density at radius 3 is 1.18 bits per heavy atom. The van der Waals surface area contributed by atoms with Gasteiger partial charge in [0.25, 0.3) is 0 Å². The third-order valence-corrected chi connectivity index (χ3v) is 8.26. The van der Waals surface area contributed by atoms with Crippen molar-refractivity contribution >= 4 is 17.6 Å². The summed E-state index contributed by atoms with van der Waals surface area (Å²) in [5.41, 5.74) is 0. The van der Waals surface area contributed by atoms with E-state index in [9.17, 15) is 0 Å². The highest BCUT2D eigenvalue weighted by molar-refractivity contribution is 6.73. The minimum absolute atomic E-state index is 0.0424. The van der Waals surface area contributed by atoms with Crippen LogP contribution in [0.15, 0.2) is 0 Å². The van der Waals surface area contributed by atoms with Gasteiger partial charge in [-0.1, -0.05) is 0 Å². The van der Waals surface area contributed by atoms with Gasteiger partial charge in [-0.3, -0.25) is 0 Å². The molecule has 0 aromatic heterocycles. The summed E-state index contributed by atoms with van der Waals surface area (Å²) >= 11 is 0. The number of hydrogen-bond donors (Lipinski definition) is 0. The van der Waals surface area contributed by atoms with Gasteiger partial charge in [-0.15, -0.1) is 0 Å². The minimum Gasteiger partial charge on any atom is -0.377 e. The lowest BCUT2D eigenvalue weighted by atomic mass is 10.5. The smallest absolute Gasteiger partial charge is 0.377 e. The second kappa shape index (κ2) is 6.98. The molecule has 104 valence electrons. The van der Waals surface area contributed by atoms with Crippen LogP contribution in [0, 0.1) is 0 Å². The SMILES string of the molecule is CO[Si](C)(OC(C)C)O[Si](C)(OC)OC(C)C. The Bertz CT molecular complexity index is 205. The van der Waals surface area contributed by atoms with Crippen molar-refractivity contribution in [3.63, 3.8) is 0 Å². The third kappa shape index (κ3) is 6.65. The van der Waals surface area contributed by atoms with Crippen LogP contribution in [0.25, 0.3) is 0 Å². The van der Waals surface area contributed by atoms with Crippen molar-refractivity contribution < 1.29 is 21.8 Å². The van der Waals surface area contributed by atoms with Crippen LogP contribution in [0.5, 0.6) is 0 Å². The molecule has 0 saturated carbocycles. The van der Waals surface area contributed by atoms with E-state index in [2.05, 4.69) is 0 Å². The second-order valence-electron chi connectivity index (χ2n) is 4.57. The largest absolute Gasteiger partial charge is 0.490 e. The van der Waals surface area contributed by atoms with Crippen molar-refractivity contribution in [3.8, 4) is 0 Å². The fourth-order valence-electron chi connectivity index (χ4n) is 1.42. The van der Waals surface area contributed by atoms with Gasteiger partial charge in [0, 0.05) is 39.5 Å². The topological polar surface area (TPSA) is 46.2 Å². The van der Waals surface area contributed by atoms with E-state index in [4.69, 9.17) is 21.8 Å². The zero-order chi connectivity index (χ0) is 13.7. The van der Waals surface area contributed by atoms with E-state index in [-0.39, 0.29) is 12.2 Å². The Kier molecular flexibility index (Phi) is 7.07. The molecule has 0 aromatic rings. The molecule has 0 N–H and O–H groups in total. The highest BCUT2D eigenvalue weighted by Gasteiger charge is 2.47. The van der Waals surface area contributed by atoms with Gasteiger partial charge in [0.1, 0.15) is 0 Å². The Morgan fingerprint density at radius 1 is 0.706 bits per heavy atom. The summed E-state index contributed by atoms with van der Waals surface area (Å²) < 4.78 is 28.2. The van der Waals surface area contributed by atoms with Gasteiger partial charge >= 0.3 is 17.6 Å². The van der Waals surface area contributed by atoms with Crippen molar-refractivity contribution in [1.82, 2.24) is 0 Å². The summed E-state index contributed by atoms with van der Waals surface area (Å²) in [6.45, 7) is 11.5. The lowest BCUT2D eigenvalue weighted by molar-refractivity contribution is 0.0420. The highest BCUT2D eigenvalue weighted by Crippen LogP contribution is 2.20. The monoisotopic (exact) mass is 282 g/mol. The first kappa shape index (κ1) is 17.2. The van der Waals surface area contributed by atoms with Gasteiger partial charge in [-0.05, 0) is 27.7 Å². The van der Waals surface area contributed by atoms with Crippen molar-refractivity contribution in [3.05, 3.63) is 0 Å². The first-order valence-corrected chi connectivity index (χ1v) is 10.3. The molecule has 0 heterocycles. The zero-order valence-corrected chi connectivity index (χ0v) is 14.2. The van der Waals surface area contributed by atoms with E-state index in [1.807, 2.05) is 40.8 Å². The molecule has 0 fully saturated rings. The molecule has 5 nitrogen and oxygen atoms in total.